The summed E-state index contributed by atoms with van der Waals surface area (Å²) in [5.74, 6) is 0.990. The lowest BCUT2D eigenvalue weighted by atomic mass is 10.1. The molecule has 1 aromatic heterocycles. The molecule has 2 N–H and O–H groups in total. The van der Waals surface area contributed by atoms with Crippen molar-refractivity contribution in [3.8, 4) is 11.4 Å². The minimum Gasteiger partial charge on any atom is -0.365 e. The quantitative estimate of drug-likeness (QED) is 0.575. The third kappa shape index (κ3) is 6.42. The van der Waals surface area contributed by atoms with E-state index in [2.05, 4.69) is 53.5 Å². The molecule has 5 heteroatoms. The Morgan fingerprint density at radius 3 is 2.24 bits per heavy atom. The monoisotopic (exact) mass is 388 g/mol. The molecule has 0 aliphatic carbocycles. The standard InChI is InChI=1S/C24H28N4O/c1-24(2,3)28-21-17-20(26-22(27-21)19-14-8-5-9-15-19)23(29)25-16-10-13-18-11-6-4-7-12-18/h4-9,11-12,14-15,17H,10,13,16H2,1-3H3,(H,25,29)(H,26,27,28). The number of carbonyl (C=O) groups excluding carboxylic acids is 1. The molecule has 29 heavy (non-hydrogen) atoms. The molecule has 0 atom stereocenters. The summed E-state index contributed by atoms with van der Waals surface area (Å²) in [6, 6.07) is 21.7. The fourth-order valence-electron chi connectivity index (χ4n) is 2.96. The third-order valence-corrected chi connectivity index (χ3v) is 4.26. The van der Waals surface area contributed by atoms with Crippen LogP contribution in [0.5, 0.6) is 0 Å². The Bertz CT molecular complexity index is 934. The highest BCUT2D eigenvalue weighted by atomic mass is 16.1. The fraction of sp³-hybridized carbons (Fsp3) is 0.292. The number of anilines is 1. The van der Waals surface area contributed by atoms with Gasteiger partial charge in [-0.3, -0.25) is 4.79 Å². The van der Waals surface area contributed by atoms with Gasteiger partial charge in [0.2, 0.25) is 0 Å². The first kappa shape index (κ1) is 20.5. The minimum atomic E-state index is -0.186. The first-order valence-electron chi connectivity index (χ1n) is 9.95. The van der Waals surface area contributed by atoms with Crippen LogP contribution >= 0.6 is 0 Å². The van der Waals surface area contributed by atoms with Crippen molar-refractivity contribution < 1.29 is 4.79 Å². The normalized spacial score (nSPS) is 11.1. The van der Waals surface area contributed by atoms with E-state index in [0.717, 1.165) is 18.4 Å². The van der Waals surface area contributed by atoms with Crippen molar-refractivity contribution in [3.05, 3.63) is 78.0 Å². The average Bonchev–Trinajstić information content (AvgIpc) is 2.71. The van der Waals surface area contributed by atoms with Crippen molar-refractivity contribution in [2.45, 2.75) is 39.2 Å². The summed E-state index contributed by atoms with van der Waals surface area (Å²) in [6.07, 6.45) is 1.80. The zero-order valence-electron chi connectivity index (χ0n) is 17.3. The van der Waals surface area contributed by atoms with Gasteiger partial charge >= 0.3 is 0 Å². The van der Waals surface area contributed by atoms with Gasteiger partial charge in [-0.2, -0.15) is 0 Å². The van der Waals surface area contributed by atoms with E-state index in [-0.39, 0.29) is 11.4 Å². The van der Waals surface area contributed by atoms with Gasteiger partial charge in [-0.25, -0.2) is 9.97 Å². The van der Waals surface area contributed by atoms with E-state index in [1.165, 1.54) is 5.56 Å². The molecular formula is C24H28N4O. The minimum absolute atomic E-state index is 0.175. The number of aromatic nitrogens is 2. The second-order valence-corrected chi connectivity index (χ2v) is 8.05. The lowest BCUT2D eigenvalue weighted by Gasteiger charge is -2.22. The van der Waals surface area contributed by atoms with Crippen LogP contribution in [-0.2, 0) is 6.42 Å². The summed E-state index contributed by atoms with van der Waals surface area (Å²) in [5, 5.41) is 6.33. The Hall–Kier alpha value is -3.21. The smallest absolute Gasteiger partial charge is 0.270 e. The van der Waals surface area contributed by atoms with Crippen LogP contribution in [0.25, 0.3) is 11.4 Å². The summed E-state index contributed by atoms with van der Waals surface area (Å²) in [7, 11) is 0. The van der Waals surface area contributed by atoms with Crippen molar-refractivity contribution in [3.63, 3.8) is 0 Å². The Labute approximate surface area is 172 Å². The largest absolute Gasteiger partial charge is 0.365 e. The Balaban J connectivity index is 1.72. The molecule has 5 nitrogen and oxygen atoms in total. The van der Waals surface area contributed by atoms with Crippen LogP contribution in [0.1, 0.15) is 43.2 Å². The van der Waals surface area contributed by atoms with E-state index < -0.39 is 0 Å². The van der Waals surface area contributed by atoms with E-state index in [0.29, 0.717) is 23.9 Å². The lowest BCUT2D eigenvalue weighted by Crippen LogP contribution is -2.29. The van der Waals surface area contributed by atoms with E-state index in [9.17, 15) is 4.79 Å². The molecule has 0 aliphatic heterocycles. The maximum absolute atomic E-state index is 12.7. The van der Waals surface area contributed by atoms with Gasteiger partial charge in [-0.1, -0.05) is 60.7 Å². The molecule has 0 saturated carbocycles. The van der Waals surface area contributed by atoms with Crippen molar-refractivity contribution in [2.75, 3.05) is 11.9 Å². The molecule has 0 bridgehead atoms. The van der Waals surface area contributed by atoms with Crippen LogP contribution in [0.4, 0.5) is 5.82 Å². The number of amides is 1. The predicted octanol–water partition coefficient (Wildman–Crippen LogP) is 4.72. The van der Waals surface area contributed by atoms with Gasteiger partial charge in [-0.15, -0.1) is 0 Å². The molecule has 0 unspecified atom stereocenters. The van der Waals surface area contributed by atoms with Crippen LogP contribution in [0.2, 0.25) is 0 Å². The topological polar surface area (TPSA) is 66.9 Å². The van der Waals surface area contributed by atoms with Gasteiger partial charge in [0.25, 0.3) is 5.91 Å². The molecular weight excluding hydrogens is 360 g/mol. The molecule has 1 heterocycles. The second-order valence-electron chi connectivity index (χ2n) is 8.05. The molecule has 0 spiro atoms. The molecule has 1 amide bonds. The Morgan fingerprint density at radius 1 is 0.931 bits per heavy atom. The average molecular weight is 389 g/mol. The number of hydrogen-bond acceptors (Lipinski definition) is 4. The third-order valence-electron chi connectivity index (χ3n) is 4.26. The Morgan fingerprint density at radius 2 is 1.59 bits per heavy atom. The number of rotatable bonds is 7. The van der Waals surface area contributed by atoms with Crippen LogP contribution in [0.15, 0.2) is 66.7 Å². The zero-order chi connectivity index (χ0) is 20.7. The first-order valence-corrected chi connectivity index (χ1v) is 9.95. The van der Waals surface area contributed by atoms with Crippen molar-refractivity contribution in [1.29, 1.82) is 0 Å². The molecule has 0 fully saturated rings. The molecule has 150 valence electrons. The van der Waals surface area contributed by atoms with Crippen LogP contribution < -0.4 is 10.6 Å². The predicted molar refractivity (Wildman–Crippen MR) is 118 cm³/mol. The van der Waals surface area contributed by atoms with E-state index >= 15 is 0 Å². The number of hydrogen-bond donors (Lipinski definition) is 2. The van der Waals surface area contributed by atoms with E-state index in [1.807, 2.05) is 48.5 Å². The highest BCUT2D eigenvalue weighted by Gasteiger charge is 2.16. The summed E-state index contributed by atoms with van der Waals surface area (Å²) in [4.78, 5) is 21.8. The highest BCUT2D eigenvalue weighted by molar-refractivity contribution is 5.93. The van der Waals surface area contributed by atoms with Crippen LogP contribution in [0, 0.1) is 0 Å². The lowest BCUT2D eigenvalue weighted by molar-refractivity contribution is 0.0948. The van der Waals surface area contributed by atoms with Crippen molar-refractivity contribution >= 4 is 11.7 Å². The van der Waals surface area contributed by atoms with E-state index in [1.54, 1.807) is 6.07 Å². The van der Waals surface area contributed by atoms with Crippen molar-refractivity contribution in [2.24, 2.45) is 0 Å². The summed E-state index contributed by atoms with van der Waals surface area (Å²) in [5.41, 5.74) is 2.34. The van der Waals surface area contributed by atoms with Gasteiger partial charge < -0.3 is 10.6 Å². The maximum atomic E-state index is 12.7. The number of carbonyl (C=O) groups is 1. The molecule has 0 aliphatic rings. The number of aryl methyl sites for hydroxylation is 1. The fourth-order valence-corrected chi connectivity index (χ4v) is 2.96. The molecule has 0 saturated heterocycles. The maximum Gasteiger partial charge on any atom is 0.270 e. The van der Waals surface area contributed by atoms with Gasteiger partial charge in [0.15, 0.2) is 5.82 Å². The zero-order valence-corrected chi connectivity index (χ0v) is 17.3. The van der Waals surface area contributed by atoms with Gasteiger partial charge in [-0.05, 0) is 39.2 Å². The number of nitrogens with one attached hydrogen (secondary N) is 2. The summed E-state index contributed by atoms with van der Waals surface area (Å²) < 4.78 is 0. The summed E-state index contributed by atoms with van der Waals surface area (Å²) in [6.45, 7) is 6.77. The summed E-state index contributed by atoms with van der Waals surface area (Å²) >= 11 is 0. The molecule has 0 radical (unpaired) electrons. The van der Waals surface area contributed by atoms with Crippen molar-refractivity contribution in [1.82, 2.24) is 15.3 Å². The molecule has 2 aromatic carbocycles. The first-order chi connectivity index (χ1) is 13.9. The van der Waals surface area contributed by atoms with Gasteiger partial charge in [0, 0.05) is 23.7 Å². The van der Waals surface area contributed by atoms with Crippen LogP contribution in [-0.4, -0.2) is 28.0 Å². The van der Waals surface area contributed by atoms with Gasteiger partial charge in [0.1, 0.15) is 11.5 Å². The second kappa shape index (κ2) is 9.32. The highest BCUT2D eigenvalue weighted by Crippen LogP contribution is 2.20. The molecule has 3 aromatic rings. The van der Waals surface area contributed by atoms with Crippen LogP contribution in [0.3, 0.4) is 0 Å². The number of nitrogens with zero attached hydrogens (tertiary/aromatic N) is 2. The Kier molecular flexibility index (Phi) is 6.60. The van der Waals surface area contributed by atoms with Gasteiger partial charge in [0.05, 0.1) is 0 Å². The number of benzene rings is 2. The molecule has 3 rings (SSSR count). The van der Waals surface area contributed by atoms with E-state index in [4.69, 9.17) is 0 Å². The SMILES string of the molecule is CC(C)(C)Nc1cc(C(=O)NCCCc2ccccc2)nc(-c2ccccc2)n1.